The van der Waals surface area contributed by atoms with Gasteiger partial charge in [0.15, 0.2) is 10.7 Å². The molecule has 0 atom stereocenters. The van der Waals surface area contributed by atoms with Gasteiger partial charge in [0.25, 0.3) is 15.7 Å². The molecule has 1 aromatic heterocycles. The summed E-state index contributed by atoms with van der Waals surface area (Å²) in [5, 5.41) is 20.3. The van der Waals surface area contributed by atoms with Gasteiger partial charge < -0.3 is 5.11 Å². The van der Waals surface area contributed by atoms with Crippen LogP contribution in [0.15, 0.2) is 47.5 Å². The first-order valence-electron chi connectivity index (χ1n) is 6.75. The molecular formula is C14H13N3O6S. The van der Waals surface area contributed by atoms with E-state index in [9.17, 15) is 28.4 Å². The topological polar surface area (TPSA) is 131 Å². The third-order valence-corrected chi connectivity index (χ3v) is 5.08. The Bertz CT molecular complexity index is 897. The molecule has 0 fully saturated rings. The number of pyridine rings is 1. The number of benzene rings is 1. The van der Waals surface area contributed by atoms with Crippen molar-refractivity contribution in [2.45, 2.75) is 11.8 Å². The van der Waals surface area contributed by atoms with Gasteiger partial charge in [0.05, 0.1) is 4.92 Å². The Hall–Kier alpha value is -3.01. The molecule has 0 unspecified atom stereocenters. The molecule has 1 aromatic carbocycles. The van der Waals surface area contributed by atoms with E-state index in [0.717, 1.165) is 16.4 Å². The minimum absolute atomic E-state index is 0.147. The average Bonchev–Trinajstić information content (AvgIpc) is 2.55. The van der Waals surface area contributed by atoms with Gasteiger partial charge in [-0.15, -0.1) is 0 Å². The highest BCUT2D eigenvalue weighted by molar-refractivity contribution is 7.93. The van der Waals surface area contributed by atoms with E-state index in [-0.39, 0.29) is 17.9 Å². The second-order valence-corrected chi connectivity index (χ2v) is 6.41. The molecule has 24 heavy (non-hydrogen) atoms. The summed E-state index contributed by atoms with van der Waals surface area (Å²) >= 11 is 0. The van der Waals surface area contributed by atoms with E-state index in [0.29, 0.717) is 0 Å². The highest BCUT2D eigenvalue weighted by Crippen LogP contribution is 2.30. The molecule has 0 saturated carbocycles. The van der Waals surface area contributed by atoms with Crippen molar-refractivity contribution in [3.05, 3.63) is 58.3 Å². The quantitative estimate of drug-likeness (QED) is 0.621. The number of sulfonamides is 1. The molecule has 9 nitrogen and oxygen atoms in total. The van der Waals surface area contributed by atoms with Crippen LogP contribution in [-0.4, -0.2) is 35.9 Å². The number of aromatic carboxylic acids is 1. The molecule has 0 radical (unpaired) electrons. The number of carboxylic acids is 1. The van der Waals surface area contributed by atoms with E-state index < -0.39 is 31.5 Å². The summed E-state index contributed by atoms with van der Waals surface area (Å²) in [6.07, 6.45) is 1.25. The fraction of sp³-hybridized carbons (Fsp3) is 0.143. The smallest absolute Gasteiger partial charge is 0.339 e. The van der Waals surface area contributed by atoms with Crippen LogP contribution in [-0.2, 0) is 10.0 Å². The summed E-state index contributed by atoms with van der Waals surface area (Å²) < 4.78 is 26.4. The Morgan fingerprint density at radius 2 is 1.96 bits per heavy atom. The summed E-state index contributed by atoms with van der Waals surface area (Å²) in [5.41, 5.74) is -0.912. The van der Waals surface area contributed by atoms with Crippen LogP contribution in [0.5, 0.6) is 0 Å². The first-order valence-corrected chi connectivity index (χ1v) is 8.19. The lowest BCUT2D eigenvalue weighted by Crippen LogP contribution is -2.33. The zero-order valence-electron chi connectivity index (χ0n) is 12.5. The van der Waals surface area contributed by atoms with Gasteiger partial charge in [-0.1, -0.05) is 12.1 Å². The molecule has 0 saturated heterocycles. The molecular weight excluding hydrogens is 338 g/mol. The number of carbonyl (C=O) groups is 1. The van der Waals surface area contributed by atoms with Gasteiger partial charge in [0.1, 0.15) is 5.56 Å². The number of anilines is 1. The Morgan fingerprint density at radius 3 is 2.54 bits per heavy atom. The van der Waals surface area contributed by atoms with Crippen LogP contribution in [0, 0.1) is 10.1 Å². The van der Waals surface area contributed by atoms with Gasteiger partial charge >= 0.3 is 5.97 Å². The van der Waals surface area contributed by atoms with Crippen LogP contribution >= 0.6 is 0 Å². The molecule has 0 aliphatic rings. The van der Waals surface area contributed by atoms with Gasteiger partial charge in [-0.3, -0.25) is 10.1 Å². The number of aromatic nitrogens is 1. The summed E-state index contributed by atoms with van der Waals surface area (Å²) in [6.45, 7) is 1.33. The van der Waals surface area contributed by atoms with E-state index in [2.05, 4.69) is 4.98 Å². The maximum atomic E-state index is 12.9. The van der Waals surface area contributed by atoms with Crippen LogP contribution < -0.4 is 4.31 Å². The molecule has 0 spiro atoms. The lowest BCUT2D eigenvalue weighted by Gasteiger charge is -2.22. The van der Waals surface area contributed by atoms with Gasteiger partial charge in [0, 0.05) is 18.8 Å². The molecule has 126 valence electrons. The minimum atomic E-state index is -4.37. The molecule has 1 heterocycles. The predicted molar refractivity (Wildman–Crippen MR) is 84.5 cm³/mol. The normalized spacial score (nSPS) is 11.0. The monoisotopic (exact) mass is 351 g/mol. The molecule has 0 bridgehead atoms. The van der Waals surface area contributed by atoms with Gasteiger partial charge in [-0.05, 0) is 25.1 Å². The fourth-order valence-electron chi connectivity index (χ4n) is 2.14. The summed E-state index contributed by atoms with van der Waals surface area (Å²) in [6, 6.07) is 7.43. The molecule has 2 rings (SSSR count). The Kier molecular flexibility index (Phi) is 4.79. The predicted octanol–water partition coefficient (Wildman–Crippen LogP) is 1.90. The van der Waals surface area contributed by atoms with Crippen molar-refractivity contribution in [3.63, 3.8) is 0 Å². The zero-order chi connectivity index (χ0) is 17.9. The Balaban J connectivity index is 2.68. The molecule has 0 aliphatic heterocycles. The number of para-hydroxylation sites is 1. The van der Waals surface area contributed by atoms with Crippen molar-refractivity contribution < 1.29 is 23.2 Å². The number of hydrogen-bond donors (Lipinski definition) is 1. The van der Waals surface area contributed by atoms with E-state index in [1.165, 1.54) is 37.4 Å². The lowest BCUT2D eigenvalue weighted by atomic mass is 10.2. The van der Waals surface area contributed by atoms with E-state index in [1.54, 1.807) is 0 Å². The van der Waals surface area contributed by atoms with Crippen LogP contribution in [0.3, 0.4) is 0 Å². The van der Waals surface area contributed by atoms with Crippen molar-refractivity contribution in [1.82, 2.24) is 4.98 Å². The van der Waals surface area contributed by atoms with Crippen LogP contribution in [0.2, 0.25) is 0 Å². The van der Waals surface area contributed by atoms with Crippen LogP contribution in [0.1, 0.15) is 17.3 Å². The zero-order valence-corrected chi connectivity index (χ0v) is 13.3. The lowest BCUT2D eigenvalue weighted by molar-refractivity contribution is -0.387. The number of nitro groups is 1. The van der Waals surface area contributed by atoms with Crippen molar-refractivity contribution in [2.75, 3.05) is 10.8 Å². The fourth-order valence-corrected chi connectivity index (χ4v) is 3.75. The highest BCUT2D eigenvalue weighted by Gasteiger charge is 2.33. The number of nitro benzene ring substituents is 1. The van der Waals surface area contributed by atoms with E-state index in [1.807, 2.05) is 0 Å². The third-order valence-electron chi connectivity index (χ3n) is 3.17. The number of carboxylic acid groups (broad SMARTS) is 1. The highest BCUT2D eigenvalue weighted by atomic mass is 32.2. The third kappa shape index (κ3) is 3.04. The summed E-state index contributed by atoms with van der Waals surface area (Å²) in [5.74, 6) is -1.65. The van der Waals surface area contributed by atoms with Crippen molar-refractivity contribution in [2.24, 2.45) is 0 Å². The maximum Gasteiger partial charge on any atom is 0.339 e. The second-order valence-electron chi connectivity index (χ2n) is 4.57. The number of nitrogens with zero attached hydrogens (tertiary/aromatic N) is 3. The average molecular weight is 351 g/mol. The molecule has 1 N–H and O–H groups in total. The number of hydrogen-bond acceptors (Lipinski definition) is 6. The van der Waals surface area contributed by atoms with Crippen LogP contribution in [0.25, 0.3) is 0 Å². The molecule has 10 heteroatoms. The van der Waals surface area contributed by atoms with Crippen LogP contribution in [0.4, 0.5) is 11.5 Å². The van der Waals surface area contributed by atoms with Crippen molar-refractivity contribution >= 4 is 27.5 Å². The molecule has 0 amide bonds. The standard InChI is InChI=1S/C14H13N3O6S/c1-2-16(13-10(14(18)19)6-5-9-15-13)24(22,23)12-8-4-3-7-11(12)17(20)21/h3-9H,2H2,1H3,(H,18,19). The molecule has 0 aliphatic carbocycles. The van der Waals surface area contributed by atoms with E-state index >= 15 is 0 Å². The number of rotatable bonds is 6. The SMILES string of the molecule is CCN(c1ncccc1C(=O)O)S(=O)(=O)c1ccccc1[N+](=O)[O-]. The van der Waals surface area contributed by atoms with Gasteiger partial charge in [-0.2, -0.15) is 0 Å². The van der Waals surface area contributed by atoms with E-state index in [4.69, 9.17) is 0 Å². The minimum Gasteiger partial charge on any atom is -0.478 e. The molecule has 2 aromatic rings. The maximum absolute atomic E-state index is 12.9. The van der Waals surface area contributed by atoms with Gasteiger partial charge in [0.2, 0.25) is 0 Å². The summed E-state index contributed by atoms with van der Waals surface area (Å²) in [7, 11) is -4.37. The van der Waals surface area contributed by atoms with Crippen molar-refractivity contribution in [3.8, 4) is 0 Å². The van der Waals surface area contributed by atoms with Crippen molar-refractivity contribution in [1.29, 1.82) is 0 Å². The Morgan fingerprint density at radius 1 is 1.29 bits per heavy atom. The first kappa shape index (κ1) is 17.3. The Labute approximate surface area is 137 Å². The first-order chi connectivity index (χ1) is 11.3. The summed E-state index contributed by atoms with van der Waals surface area (Å²) in [4.78, 5) is 24.9. The van der Waals surface area contributed by atoms with Gasteiger partial charge in [-0.25, -0.2) is 22.5 Å². The second kappa shape index (κ2) is 6.62. The largest absolute Gasteiger partial charge is 0.478 e.